The molecule has 14 heavy (non-hydrogen) atoms. The van der Waals surface area contributed by atoms with Crippen LogP contribution in [0.1, 0.15) is 25.7 Å². The zero-order chi connectivity index (χ0) is 9.65. The van der Waals surface area contributed by atoms with Crippen molar-refractivity contribution < 1.29 is 9.84 Å². The highest BCUT2D eigenvalue weighted by molar-refractivity contribution is 5.11. The highest BCUT2D eigenvalue weighted by Crippen LogP contribution is 2.51. The number of rotatable bonds is 2. The van der Waals surface area contributed by atoms with Gasteiger partial charge in [-0.2, -0.15) is 0 Å². The summed E-state index contributed by atoms with van der Waals surface area (Å²) in [6.07, 6.45) is 4.86. The van der Waals surface area contributed by atoms with Crippen molar-refractivity contribution in [2.24, 2.45) is 5.41 Å². The standard InChI is InChI=1S/C11H19NO2/c13-9-11(1-2-11)12-7-10(8-12)3-5-14-6-4-10/h13H,1-9H2. The summed E-state index contributed by atoms with van der Waals surface area (Å²) in [5.74, 6) is 0. The van der Waals surface area contributed by atoms with Crippen LogP contribution in [0.3, 0.4) is 0 Å². The summed E-state index contributed by atoms with van der Waals surface area (Å²) in [4.78, 5) is 2.50. The molecule has 0 radical (unpaired) electrons. The van der Waals surface area contributed by atoms with Crippen molar-refractivity contribution >= 4 is 0 Å². The molecule has 1 spiro atoms. The molecule has 0 aromatic rings. The van der Waals surface area contributed by atoms with Crippen molar-refractivity contribution in [2.45, 2.75) is 31.2 Å². The summed E-state index contributed by atoms with van der Waals surface area (Å²) < 4.78 is 5.40. The fraction of sp³-hybridized carbons (Fsp3) is 1.00. The number of ether oxygens (including phenoxy) is 1. The van der Waals surface area contributed by atoms with E-state index in [-0.39, 0.29) is 5.54 Å². The third-order valence-electron chi connectivity index (χ3n) is 4.40. The maximum absolute atomic E-state index is 9.31. The number of hydrogen-bond donors (Lipinski definition) is 1. The Morgan fingerprint density at radius 3 is 2.21 bits per heavy atom. The Balaban J connectivity index is 1.59. The Labute approximate surface area is 85.0 Å². The maximum atomic E-state index is 9.31. The molecule has 0 amide bonds. The van der Waals surface area contributed by atoms with Crippen LogP contribution in [0, 0.1) is 5.41 Å². The highest BCUT2D eigenvalue weighted by atomic mass is 16.5. The highest BCUT2D eigenvalue weighted by Gasteiger charge is 2.56. The van der Waals surface area contributed by atoms with Crippen LogP contribution < -0.4 is 0 Å². The first-order chi connectivity index (χ1) is 6.79. The lowest BCUT2D eigenvalue weighted by molar-refractivity contribution is -0.110. The third kappa shape index (κ3) is 1.23. The van der Waals surface area contributed by atoms with E-state index in [0.29, 0.717) is 12.0 Å². The number of likely N-dealkylation sites (tertiary alicyclic amines) is 1. The third-order valence-corrected chi connectivity index (χ3v) is 4.40. The number of aliphatic hydroxyl groups is 1. The Morgan fingerprint density at radius 1 is 1.07 bits per heavy atom. The summed E-state index contributed by atoms with van der Waals surface area (Å²) in [7, 11) is 0. The maximum Gasteiger partial charge on any atom is 0.0615 e. The summed E-state index contributed by atoms with van der Waals surface area (Å²) in [5.41, 5.74) is 0.770. The molecule has 1 saturated carbocycles. The van der Waals surface area contributed by atoms with Crippen molar-refractivity contribution in [1.29, 1.82) is 0 Å². The van der Waals surface area contributed by atoms with Gasteiger partial charge in [0.05, 0.1) is 6.61 Å². The van der Waals surface area contributed by atoms with Gasteiger partial charge < -0.3 is 9.84 Å². The first kappa shape index (κ1) is 9.13. The second kappa shape index (κ2) is 2.94. The van der Waals surface area contributed by atoms with E-state index in [1.807, 2.05) is 0 Å². The molecular weight excluding hydrogens is 178 g/mol. The minimum absolute atomic E-state index is 0.212. The molecule has 0 aromatic carbocycles. The van der Waals surface area contributed by atoms with Gasteiger partial charge in [-0.1, -0.05) is 0 Å². The van der Waals surface area contributed by atoms with Gasteiger partial charge in [-0.25, -0.2) is 0 Å². The molecule has 1 aliphatic carbocycles. The van der Waals surface area contributed by atoms with Crippen LogP contribution in [-0.2, 0) is 4.74 Å². The van der Waals surface area contributed by atoms with Gasteiger partial charge in [0.2, 0.25) is 0 Å². The Hall–Kier alpha value is -0.120. The van der Waals surface area contributed by atoms with Gasteiger partial charge >= 0.3 is 0 Å². The fourth-order valence-electron chi connectivity index (χ4n) is 2.94. The molecule has 3 fully saturated rings. The summed E-state index contributed by atoms with van der Waals surface area (Å²) in [6, 6.07) is 0. The van der Waals surface area contributed by atoms with E-state index in [0.717, 1.165) is 13.2 Å². The lowest BCUT2D eigenvalue weighted by atomic mass is 9.72. The Kier molecular flexibility index (Phi) is 1.92. The molecular formula is C11H19NO2. The topological polar surface area (TPSA) is 32.7 Å². The Morgan fingerprint density at radius 2 is 1.71 bits per heavy atom. The lowest BCUT2D eigenvalue weighted by Crippen LogP contribution is -2.63. The van der Waals surface area contributed by atoms with Crippen molar-refractivity contribution in [3.8, 4) is 0 Å². The van der Waals surface area contributed by atoms with Crippen LogP contribution in [0.4, 0.5) is 0 Å². The Bertz CT molecular complexity index is 223. The monoisotopic (exact) mass is 197 g/mol. The van der Waals surface area contributed by atoms with Crippen molar-refractivity contribution in [2.75, 3.05) is 32.9 Å². The van der Waals surface area contributed by atoms with Gasteiger partial charge in [-0.15, -0.1) is 0 Å². The predicted molar refractivity (Wildman–Crippen MR) is 53.1 cm³/mol. The van der Waals surface area contributed by atoms with Gasteiger partial charge in [0.1, 0.15) is 0 Å². The van der Waals surface area contributed by atoms with Crippen LogP contribution in [0.2, 0.25) is 0 Å². The molecule has 3 aliphatic rings. The van der Waals surface area contributed by atoms with E-state index < -0.39 is 0 Å². The molecule has 0 unspecified atom stereocenters. The largest absolute Gasteiger partial charge is 0.394 e. The van der Waals surface area contributed by atoms with E-state index in [1.54, 1.807) is 0 Å². The average molecular weight is 197 g/mol. The van der Waals surface area contributed by atoms with Crippen LogP contribution in [0.5, 0.6) is 0 Å². The first-order valence-corrected chi connectivity index (χ1v) is 5.72. The SMILES string of the molecule is OCC1(N2CC3(CCOCC3)C2)CC1. The summed E-state index contributed by atoms with van der Waals surface area (Å²) in [6.45, 7) is 4.66. The summed E-state index contributed by atoms with van der Waals surface area (Å²) in [5, 5.41) is 9.31. The lowest BCUT2D eigenvalue weighted by Gasteiger charge is -2.55. The molecule has 2 saturated heterocycles. The van der Waals surface area contributed by atoms with Gasteiger partial charge in [-0.05, 0) is 25.7 Å². The van der Waals surface area contributed by atoms with Gasteiger partial charge in [0.25, 0.3) is 0 Å². The fourth-order valence-corrected chi connectivity index (χ4v) is 2.94. The van der Waals surface area contributed by atoms with Crippen LogP contribution in [-0.4, -0.2) is 48.5 Å². The second-order valence-corrected chi connectivity index (χ2v) is 5.35. The minimum Gasteiger partial charge on any atom is -0.394 e. The quantitative estimate of drug-likeness (QED) is 0.704. The first-order valence-electron chi connectivity index (χ1n) is 5.72. The molecule has 2 aliphatic heterocycles. The van der Waals surface area contributed by atoms with E-state index in [4.69, 9.17) is 4.74 Å². The zero-order valence-corrected chi connectivity index (χ0v) is 8.67. The van der Waals surface area contributed by atoms with Crippen LogP contribution >= 0.6 is 0 Å². The van der Waals surface area contributed by atoms with Crippen LogP contribution in [0.15, 0.2) is 0 Å². The molecule has 2 heterocycles. The molecule has 3 rings (SSSR count). The van der Waals surface area contributed by atoms with Crippen molar-refractivity contribution in [3.05, 3.63) is 0 Å². The molecule has 3 nitrogen and oxygen atoms in total. The molecule has 3 heteroatoms. The minimum atomic E-state index is 0.212. The molecule has 0 aromatic heterocycles. The zero-order valence-electron chi connectivity index (χ0n) is 8.67. The number of nitrogens with zero attached hydrogens (tertiary/aromatic N) is 1. The molecule has 0 atom stereocenters. The molecule has 0 bridgehead atoms. The second-order valence-electron chi connectivity index (χ2n) is 5.35. The van der Waals surface area contributed by atoms with Gasteiger partial charge in [0.15, 0.2) is 0 Å². The van der Waals surface area contributed by atoms with Gasteiger partial charge in [-0.3, -0.25) is 4.90 Å². The normalized spacial score (nSPS) is 34.1. The average Bonchev–Trinajstić information content (AvgIpc) is 2.96. The summed E-state index contributed by atoms with van der Waals surface area (Å²) >= 11 is 0. The molecule has 1 N–H and O–H groups in total. The van der Waals surface area contributed by atoms with Gasteiger partial charge in [0, 0.05) is 37.3 Å². The van der Waals surface area contributed by atoms with E-state index in [9.17, 15) is 5.11 Å². The van der Waals surface area contributed by atoms with Crippen molar-refractivity contribution in [1.82, 2.24) is 4.90 Å². The van der Waals surface area contributed by atoms with Crippen molar-refractivity contribution in [3.63, 3.8) is 0 Å². The van der Waals surface area contributed by atoms with Crippen LogP contribution in [0.25, 0.3) is 0 Å². The number of aliphatic hydroxyl groups excluding tert-OH is 1. The van der Waals surface area contributed by atoms with E-state index in [1.165, 1.54) is 38.8 Å². The molecule has 80 valence electrons. The number of hydrogen-bond acceptors (Lipinski definition) is 3. The van der Waals surface area contributed by atoms with E-state index >= 15 is 0 Å². The predicted octanol–water partition coefficient (Wildman–Crippen LogP) is 0.624. The smallest absolute Gasteiger partial charge is 0.0615 e. The van der Waals surface area contributed by atoms with E-state index in [2.05, 4.69) is 4.90 Å².